The average Bonchev–Trinajstić information content (AvgIpc) is 2.48. The van der Waals surface area contributed by atoms with Crippen molar-refractivity contribution in [2.45, 2.75) is 26.3 Å². The number of fused-ring (bicyclic) bond motifs is 1. The zero-order valence-corrected chi connectivity index (χ0v) is 13.1. The fourth-order valence-electron chi connectivity index (χ4n) is 2.82. The van der Waals surface area contributed by atoms with Crippen LogP contribution in [-0.2, 0) is 19.9 Å². The molecule has 7 heteroatoms. The van der Waals surface area contributed by atoms with E-state index in [1.165, 1.54) is 6.07 Å². The molecule has 1 aliphatic heterocycles. The maximum absolute atomic E-state index is 13.7. The lowest BCUT2D eigenvalue weighted by atomic mass is 9.72. The van der Waals surface area contributed by atoms with Gasteiger partial charge in [0.15, 0.2) is 5.54 Å². The number of nitrogens with one attached hydrogen (secondary N) is 1. The number of benzene rings is 1. The van der Waals surface area contributed by atoms with Crippen molar-refractivity contribution < 1.29 is 28.2 Å². The molecule has 0 aliphatic carbocycles. The van der Waals surface area contributed by atoms with E-state index in [0.717, 1.165) is 12.1 Å². The number of esters is 1. The monoisotopic (exact) mass is 323 g/mol. The van der Waals surface area contributed by atoms with Crippen LogP contribution in [0.3, 0.4) is 0 Å². The van der Waals surface area contributed by atoms with Gasteiger partial charge >= 0.3 is 12.1 Å². The van der Waals surface area contributed by atoms with Crippen LogP contribution in [0.15, 0.2) is 18.2 Å². The van der Waals surface area contributed by atoms with Crippen LogP contribution in [0.1, 0.15) is 26.3 Å². The summed E-state index contributed by atoms with van der Waals surface area (Å²) in [6, 6.07) is 3.43. The quantitative estimate of drug-likeness (QED) is 0.663. The summed E-state index contributed by atoms with van der Waals surface area (Å²) in [5.41, 5.74) is -1.75. The minimum Gasteiger partial charge on any atom is -0.464 e. The number of aldehydes is 1. The number of hydrogen-bond donors (Lipinski definition) is 1. The van der Waals surface area contributed by atoms with Gasteiger partial charge in [0.25, 0.3) is 0 Å². The normalized spacial score (nSPS) is 21.0. The molecule has 1 aromatic rings. The molecule has 0 bridgehead atoms. The highest BCUT2D eigenvalue weighted by atomic mass is 19.1. The molecule has 0 fully saturated rings. The molecule has 1 aliphatic rings. The van der Waals surface area contributed by atoms with Crippen molar-refractivity contribution in [1.82, 2.24) is 5.32 Å². The molecule has 1 aromatic carbocycles. The van der Waals surface area contributed by atoms with E-state index in [1.807, 2.05) is 0 Å². The summed E-state index contributed by atoms with van der Waals surface area (Å²) in [6.07, 6.45) is -0.327. The van der Waals surface area contributed by atoms with Gasteiger partial charge in [-0.3, -0.25) is 0 Å². The Hall–Kier alpha value is -2.44. The standard InChI is InChI=1S/C16H18FNO5/c1-4-22-14(20)16(12(8-19)9(2)3)11-7-10(17)5-6-13(11)23-15(21)18-16/h5-9,12H,4H2,1-3H3,(H,18,21)/t12-,16-/m0/s1. The van der Waals surface area contributed by atoms with Gasteiger partial charge in [-0.1, -0.05) is 13.8 Å². The van der Waals surface area contributed by atoms with E-state index in [1.54, 1.807) is 20.8 Å². The number of hydrogen-bond acceptors (Lipinski definition) is 5. The Morgan fingerprint density at radius 1 is 1.48 bits per heavy atom. The molecule has 124 valence electrons. The maximum Gasteiger partial charge on any atom is 0.413 e. The third kappa shape index (κ3) is 2.78. The predicted molar refractivity (Wildman–Crippen MR) is 78.3 cm³/mol. The highest BCUT2D eigenvalue weighted by molar-refractivity contribution is 5.94. The second kappa shape index (κ2) is 6.36. The summed E-state index contributed by atoms with van der Waals surface area (Å²) >= 11 is 0. The minimum atomic E-state index is -1.82. The number of amides is 1. The molecule has 0 saturated carbocycles. The van der Waals surface area contributed by atoms with Crippen LogP contribution in [0, 0.1) is 17.7 Å². The van der Waals surface area contributed by atoms with Crippen molar-refractivity contribution in [3.05, 3.63) is 29.6 Å². The number of halogens is 1. The van der Waals surface area contributed by atoms with Crippen LogP contribution in [0.2, 0.25) is 0 Å². The average molecular weight is 323 g/mol. The van der Waals surface area contributed by atoms with E-state index in [0.29, 0.717) is 6.29 Å². The van der Waals surface area contributed by atoms with Crippen LogP contribution in [0.25, 0.3) is 0 Å². The van der Waals surface area contributed by atoms with Gasteiger partial charge in [-0.25, -0.2) is 14.0 Å². The molecular weight excluding hydrogens is 305 g/mol. The molecular formula is C16H18FNO5. The van der Waals surface area contributed by atoms with Gasteiger partial charge in [0.1, 0.15) is 17.9 Å². The lowest BCUT2D eigenvalue weighted by molar-refractivity contribution is -0.157. The van der Waals surface area contributed by atoms with Gasteiger partial charge < -0.3 is 19.6 Å². The van der Waals surface area contributed by atoms with Gasteiger partial charge in [0, 0.05) is 5.56 Å². The van der Waals surface area contributed by atoms with Gasteiger partial charge in [0.05, 0.1) is 12.5 Å². The molecule has 0 unspecified atom stereocenters. The lowest BCUT2D eigenvalue weighted by Gasteiger charge is -2.41. The largest absolute Gasteiger partial charge is 0.464 e. The van der Waals surface area contributed by atoms with Gasteiger partial charge in [-0.2, -0.15) is 0 Å². The number of rotatable bonds is 5. The van der Waals surface area contributed by atoms with Crippen molar-refractivity contribution in [1.29, 1.82) is 0 Å². The summed E-state index contributed by atoms with van der Waals surface area (Å²) in [5.74, 6) is -2.68. The molecule has 2 rings (SSSR count). The first-order valence-electron chi connectivity index (χ1n) is 7.29. The van der Waals surface area contributed by atoms with Crippen molar-refractivity contribution in [3.8, 4) is 5.75 Å². The molecule has 0 radical (unpaired) electrons. The van der Waals surface area contributed by atoms with E-state index in [4.69, 9.17) is 9.47 Å². The molecule has 0 spiro atoms. The van der Waals surface area contributed by atoms with Gasteiger partial charge in [0.2, 0.25) is 0 Å². The van der Waals surface area contributed by atoms with Crippen molar-refractivity contribution >= 4 is 18.3 Å². The van der Waals surface area contributed by atoms with Crippen LogP contribution < -0.4 is 10.1 Å². The molecule has 0 aromatic heterocycles. The molecule has 1 heterocycles. The van der Waals surface area contributed by atoms with Crippen molar-refractivity contribution in [2.75, 3.05) is 6.61 Å². The lowest BCUT2D eigenvalue weighted by Crippen LogP contribution is -2.62. The highest BCUT2D eigenvalue weighted by Gasteiger charge is 2.55. The van der Waals surface area contributed by atoms with Crippen molar-refractivity contribution in [3.63, 3.8) is 0 Å². The topological polar surface area (TPSA) is 81.7 Å². The summed E-state index contributed by atoms with van der Waals surface area (Å²) < 4.78 is 23.8. The Kier molecular flexibility index (Phi) is 4.68. The first kappa shape index (κ1) is 16.9. The molecule has 1 amide bonds. The van der Waals surface area contributed by atoms with Gasteiger partial charge in [-0.15, -0.1) is 0 Å². The molecule has 6 nitrogen and oxygen atoms in total. The second-order valence-electron chi connectivity index (χ2n) is 5.59. The first-order chi connectivity index (χ1) is 10.9. The van der Waals surface area contributed by atoms with E-state index in [2.05, 4.69) is 5.32 Å². The van der Waals surface area contributed by atoms with Crippen molar-refractivity contribution in [2.24, 2.45) is 11.8 Å². The molecule has 23 heavy (non-hydrogen) atoms. The Balaban J connectivity index is 2.76. The first-order valence-corrected chi connectivity index (χ1v) is 7.29. The Labute approximate surface area is 133 Å². The van der Waals surface area contributed by atoms with Crippen LogP contribution in [0.4, 0.5) is 9.18 Å². The number of carbonyl (C=O) groups is 3. The zero-order chi connectivity index (χ0) is 17.2. The van der Waals surface area contributed by atoms with E-state index in [-0.39, 0.29) is 23.8 Å². The summed E-state index contributed by atoms with van der Waals surface area (Å²) in [7, 11) is 0. The van der Waals surface area contributed by atoms with Crippen LogP contribution in [0.5, 0.6) is 5.75 Å². The third-order valence-electron chi connectivity index (χ3n) is 3.83. The summed E-state index contributed by atoms with van der Waals surface area (Å²) in [5, 5.41) is 2.40. The highest BCUT2D eigenvalue weighted by Crippen LogP contribution is 2.42. The Bertz CT molecular complexity index is 645. The minimum absolute atomic E-state index is 0.0238. The molecule has 1 N–H and O–H groups in total. The fraction of sp³-hybridized carbons (Fsp3) is 0.438. The fourth-order valence-corrected chi connectivity index (χ4v) is 2.82. The predicted octanol–water partition coefficient (Wildman–Crippen LogP) is 2.16. The third-order valence-corrected chi connectivity index (χ3v) is 3.83. The smallest absolute Gasteiger partial charge is 0.413 e. The number of ether oxygens (including phenoxy) is 2. The number of carbonyl (C=O) groups excluding carboxylic acids is 3. The zero-order valence-electron chi connectivity index (χ0n) is 13.1. The summed E-state index contributed by atoms with van der Waals surface area (Å²) in [6.45, 7) is 5.09. The van der Waals surface area contributed by atoms with E-state index < -0.39 is 29.3 Å². The van der Waals surface area contributed by atoms with Crippen LogP contribution >= 0.6 is 0 Å². The Morgan fingerprint density at radius 3 is 2.74 bits per heavy atom. The Morgan fingerprint density at radius 2 is 2.17 bits per heavy atom. The SMILES string of the molecule is CCOC(=O)[C@]1([C@@H](C=O)C(C)C)NC(=O)Oc2ccc(F)cc21. The van der Waals surface area contributed by atoms with Crippen LogP contribution in [-0.4, -0.2) is 25.0 Å². The molecule has 2 atom stereocenters. The van der Waals surface area contributed by atoms with E-state index in [9.17, 15) is 18.8 Å². The second-order valence-corrected chi connectivity index (χ2v) is 5.59. The summed E-state index contributed by atoms with van der Waals surface area (Å²) in [4.78, 5) is 36.3. The molecule has 0 saturated heterocycles. The van der Waals surface area contributed by atoms with E-state index >= 15 is 0 Å². The van der Waals surface area contributed by atoms with Gasteiger partial charge in [-0.05, 0) is 31.0 Å². The maximum atomic E-state index is 13.7.